The molecule has 41 heavy (non-hydrogen) atoms. The summed E-state index contributed by atoms with van der Waals surface area (Å²) in [5, 5.41) is 24.6. The number of nitro benzene ring substituents is 1. The number of hydrogen-bond acceptors (Lipinski definition) is 9. The summed E-state index contributed by atoms with van der Waals surface area (Å²) < 4.78 is 15.9. The fraction of sp³-hybridized carbons (Fsp3) is 0.167. The summed E-state index contributed by atoms with van der Waals surface area (Å²) in [6.07, 6.45) is 0. The summed E-state index contributed by atoms with van der Waals surface area (Å²) in [7, 11) is 4.47. The van der Waals surface area contributed by atoms with Crippen LogP contribution in [0.2, 0.25) is 0 Å². The van der Waals surface area contributed by atoms with E-state index in [1.165, 1.54) is 32.4 Å². The number of nitriles is 1. The van der Waals surface area contributed by atoms with Crippen molar-refractivity contribution < 1.29 is 23.9 Å². The summed E-state index contributed by atoms with van der Waals surface area (Å²) in [4.78, 5) is 28.5. The molecule has 0 atom stereocenters. The van der Waals surface area contributed by atoms with Gasteiger partial charge in [0.2, 0.25) is 5.91 Å². The maximum atomic E-state index is 12.9. The minimum Gasteiger partial charge on any atom is -0.496 e. The zero-order valence-electron chi connectivity index (χ0n) is 22.8. The molecule has 1 N–H and O–H groups in total. The lowest BCUT2D eigenvalue weighted by molar-refractivity contribution is -0.384. The molecule has 4 aromatic rings. The van der Waals surface area contributed by atoms with Crippen LogP contribution in [0, 0.1) is 28.4 Å². The number of pyridine rings is 1. The van der Waals surface area contributed by atoms with Gasteiger partial charge in [0.1, 0.15) is 22.5 Å². The van der Waals surface area contributed by atoms with Gasteiger partial charge in [-0.15, -0.1) is 0 Å². The van der Waals surface area contributed by atoms with E-state index in [0.717, 1.165) is 22.9 Å². The molecule has 0 aliphatic carbocycles. The second kappa shape index (κ2) is 12.8. The van der Waals surface area contributed by atoms with Crippen LogP contribution in [-0.2, 0) is 4.79 Å². The highest BCUT2D eigenvalue weighted by Gasteiger charge is 2.20. The van der Waals surface area contributed by atoms with Gasteiger partial charge in [-0.2, -0.15) is 5.26 Å². The molecule has 3 aromatic carbocycles. The lowest BCUT2D eigenvalue weighted by atomic mass is 9.98. The molecule has 0 aliphatic rings. The minimum absolute atomic E-state index is 0.0364. The Labute approximate surface area is 241 Å². The first-order valence-corrected chi connectivity index (χ1v) is 13.3. The van der Waals surface area contributed by atoms with E-state index in [2.05, 4.69) is 11.4 Å². The number of rotatable bonds is 10. The lowest BCUT2D eigenvalue weighted by Crippen LogP contribution is -2.15. The zero-order valence-corrected chi connectivity index (χ0v) is 23.6. The van der Waals surface area contributed by atoms with Crippen molar-refractivity contribution in [1.82, 2.24) is 4.98 Å². The van der Waals surface area contributed by atoms with E-state index in [9.17, 15) is 20.2 Å². The van der Waals surface area contributed by atoms with Crippen LogP contribution in [0.15, 0.2) is 71.8 Å². The van der Waals surface area contributed by atoms with Crippen LogP contribution in [0.1, 0.15) is 11.1 Å². The first-order chi connectivity index (χ1) is 19.8. The largest absolute Gasteiger partial charge is 0.496 e. The van der Waals surface area contributed by atoms with Gasteiger partial charge in [-0.1, -0.05) is 47.7 Å². The van der Waals surface area contributed by atoms with Crippen molar-refractivity contribution >= 4 is 29.0 Å². The van der Waals surface area contributed by atoms with Crippen molar-refractivity contribution in [3.05, 3.63) is 88.0 Å². The summed E-state index contributed by atoms with van der Waals surface area (Å²) in [5.41, 5.74) is 3.86. The van der Waals surface area contributed by atoms with E-state index in [-0.39, 0.29) is 22.7 Å². The summed E-state index contributed by atoms with van der Waals surface area (Å²) in [6, 6.07) is 21.4. The second-order valence-electron chi connectivity index (χ2n) is 8.76. The molecule has 1 heterocycles. The van der Waals surface area contributed by atoms with Gasteiger partial charge in [-0.25, -0.2) is 4.98 Å². The maximum Gasteiger partial charge on any atom is 0.296 e. The number of hydrogen-bond donors (Lipinski definition) is 1. The van der Waals surface area contributed by atoms with Crippen molar-refractivity contribution in [1.29, 1.82) is 5.26 Å². The van der Waals surface area contributed by atoms with Gasteiger partial charge >= 0.3 is 0 Å². The topological polar surface area (TPSA) is 137 Å². The number of benzene rings is 3. The Morgan fingerprint density at radius 3 is 2.32 bits per heavy atom. The molecule has 11 heteroatoms. The van der Waals surface area contributed by atoms with Crippen LogP contribution in [0.25, 0.3) is 22.4 Å². The molecule has 0 unspecified atom stereocenters. The van der Waals surface area contributed by atoms with Gasteiger partial charge in [0.15, 0.2) is 11.5 Å². The van der Waals surface area contributed by atoms with Crippen LogP contribution in [0.3, 0.4) is 0 Å². The highest BCUT2D eigenvalue weighted by atomic mass is 32.2. The number of nitro groups is 1. The van der Waals surface area contributed by atoms with Crippen LogP contribution in [0.4, 0.5) is 11.4 Å². The minimum atomic E-state index is -0.596. The summed E-state index contributed by atoms with van der Waals surface area (Å²) >= 11 is 1.06. The Morgan fingerprint density at radius 2 is 1.68 bits per heavy atom. The van der Waals surface area contributed by atoms with Gasteiger partial charge in [0.25, 0.3) is 5.69 Å². The van der Waals surface area contributed by atoms with E-state index in [4.69, 9.17) is 19.2 Å². The molecule has 1 amide bonds. The Kier molecular flexibility index (Phi) is 9.06. The first-order valence-electron chi connectivity index (χ1n) is 12.3. The molecule has 0 radical (unpaired) electrons. The number of aromatic nitrogens is 1. The third-order valence-electron chi connectivity index (χ3n) is 6.16. The molecular weight excluding hydrogens is 544 g/mol. The van der Waals surface area contributed by atoms with E-state index in [0.29, 0.717) is 39.1 Å². The Bertz CT molecular complexity index is 1650. The predicted octanol–water partition coefficient (Wildman–Crippen LogP) is 6.26. The van der Waals surface area contributed by atoms with Crippen LogP contribution in [-0.4, -0.2) is 42.9 Å². The average molecular weight is 571 g/mol. The highest BCUT2D eigenvalue weighted by molar-refractivity contribution is 8.00. The number of aryl methyl sites for hydroxylation is 1. The fourth-order valence-corrected chi connectivity index (χ4v) is 4.86. The number of ether oxygens (including phenoxy) is 3. The van der Waals surface area contributed by atoms with Crippen LogP contribution < -0.4 is 19.5 Å². The van der Waals surface area contributed by atoms with Crippen molar-refractivity contribution in [3.63, 3.8) is 0 Å². The number of anilines is 1. The number of nitrogens with one attached hydrogen (secondary N) is 1. The number of methoxy groups -OCH3 is 3. The van der Waals surface area contributed by atoms with Gasteiger partial charge in [0.05, 0.1) is 49.3 Å². The molecule has 4 rings (SSSR count). The van der Waals surface area contributed by atoms with E-state index < -0.39 is 10.8 Å². The molecular formula is C30H26N4O6S. The van der Waals surface area contributed by atoms with Crippen LogP contribution >= 0.6 is 11.8 Å². The van der Waals surface area contributed by atoms with Gasteiger partial charge in [-0.05, 0) is 42.8 Å². The van der Waals surface area contributed by atoms with Gasteiger partial charge in [0, 0.05) is 11.1 Å². The van der Waals surface area contributed by atoms with E-state index >= 15 is 0 Å². The number of nitrogens with zero attached hydrogens (tertiary/aromatic N) is 3. The predicted molar refractivity (Wildman–Crippen MR) is 157 cm³/mol. The number of carbonyl (C=O) groups is 1. The van der Waals surface area contributed by atoms with Crippen molar-refractivity contribution in [3.8, 4) is 45.7 Å². The van der Waals surface area contributed by atoms with Crippen molar-refractivity contribution in [2.75, 3.05) is 32.4 Å². The molecule has 0 bridgehead atoms. The fourth-order valence-electron chi connectivity index (χ4n) is 4.05. The first kappa shape index (κ1) is 28.9. The molecule has 0 aliphatic heterocycles. The Balaban J connectivity index is 1.72. The molecule has 1 aromatic heterocycles. The lowest BCUT2D eigenvalue weighted by Gasteiger charge is -2.14. The van der Waals surface area contributed by atoms with Gasteiger partial charge < -0.3 is 19.5 Å². The monoisotopic (exact) mass is 570 g/mol. The number of thioether (sulfide) groups is 1. The second-order valence-corrected chi connectivity index (χ2v) is 9.72. The normalized spacial score (nSPS) is 10.4. The summed E-state index contributed by atoms with van der Waals surface area (Å²) in [6.45, 7) is 1.98. The molecule has 0 saturated carbocycles. The summed E-state index contributed by atoms with van der Waals surface area (Å²) in [5.74, 6) is 0.691. The number of amides is 1. The highest BCUT2D eigenvalue weighted by Crippen LogP contribution is 2.38. The Hall–Kier alpha value is -5.08. The van der Waals surface area contributed by atoms with Crippen molar-refractivity contribution in [2.24, 2.45) is 0 Å². The van der Waals surface area contributed by atoms with Gasteiger partial charge in [-0.3, -0.25) is 14.9 Å². The zero-order chi connectivity index (χ0) is 29.5. The molecule has 10 nitrogen and oxygen atoms in total. The van der Waals surface area contributed by atoms with Crippen LogP contribution in [0.5, 0.6) is 17.2 Å². The number of carbonyl (C=O) groups excluding carboxylic acids is 1. The van der Waals surface area contributed by atoms with E-state index in [1.54, 1.807) is 19.2 Å². The molecule has 208 valence electrons. The third-order valence-corrected chi connectivity index (χ3v) is 7.13. The Morgan fingerprint density at radius 1 is 0.976 bits per heavy atom. The SMILES string of the molecule is COc1ccc(NC(=O)CSc2nc(-c3ccc(C)cc3)cc(-c3ccc(OC)c(OC)c3)c2C#N)c([N+](=O)[O-])c1. The quantitative estimate of drug-likeness (QED) is 0.133. The standard InChI is InChI=1S/C30H26N4O6S/c1-18-5-7-19(8-6-18)25-15-22(20-9-12-27(39-3)28(13-20)40-4)23(16-31)30(33-25)41-17-29(35)32-24-11-10-21(38-2)14-26(24)34(36)37/h5-15H,17H2,1-4H3,(H,32,35). The molecule has 0 saturated heterocycles. The third kappa shape index (κ3) is 6.57. The average Bonchev–Trinajstić information content (AvgIpc) is 2.99. The smallest absolute Gasteiger partial charge is 0.296 e. The maximum absolute atomic E-state index is 12.9. The molecule has 0 fully saturated rings. The van der Waals surface area contributed by atoms with E-state index in [1.807, 2.05) is 43.3 Å². The molecule has 0 spiro atoms. The van der Waals surface area contributed by atoms with Crippen molar-refractivity contribution in [2.45, 2.75) is 11.9 Å².